The highest BCUT2D eigenvalue weighted by Crippen LogP contribution is 2.25. The van der Waals surface area contributed by atoms with Crippen molar-refractivity contribution in [2.24, 2.45) is 0 Å². The van der Waals surface area contributed by atoms with Crippen LogP contribution in [-0.4, -0.2) is 28.2 Å². The largest absolute Gasteiger partial charge is 0.492 e. The molecule has 0 spiro atoms. The molecule has 5 heteroatoms. The fourth-order valence-corrected chi connectivity index (χ4v) is 2.73. The third kappa shape index (κ3) is 2.72. The summed E-state index contributed by atoms with van der Waals surface area (Å²) in [4.78, 5) is 3.25. The van der Waals surface area contributed by atoms with Gasteiger partial charge in [-0.3, -0.25) is 0 Å². The highest BCUT2D eigenvalue weighted by atomic mass is 32.2. The van der Waals surface area contributed by atoms with Crippen LogP contribution in [0.5, 0.6) is 5.75 Å². The summed E-state index contributed by atoms with van der Waals surface area (Å²) in [7, 11) is 0. The Balaban J connectivity index is 2.38. The summed E-state index contributed by atoms with van der Waals surface area (Å²) < 4.78 is 8.55. The predicted molar refractivity (Wildman–Crippen MR) is 81.3 cm³/mol. The number of thioether (sulfide) groups is 1. The normalized spacial score (nSPS) is 11.0. The van der Waals surface area contributed by atoms with E-state index in [1.807, 2.05) is 30.8 Å². The molecule has 0 bridgehead atoms. The van der Waals surface area contributed by atoms with Crippen LogP contribution in [0, 0.1) is 4.77 Å². The maximum atomic E-state index is 5.62. The van der Waals surface area contributed by atoms with Gasteiger partial charge in [0.15, 0.2) is 4.77 Å². The van der Waals surface area contributed by atoms with Crippen LogP contribution >= 0.6 is 24.0 Å². The third-order valence-corrected chi connectivity index (χ3v) is 3.82. The van der Waals surface area contributed by atoms with E-state index in [2.05, 4.69) is 21.9 Å². The van der Waals surface area contributed by atoms with Crippen LogP contribution in [0.25, 0.3) is 11.0 Å². The topological polar surface area (TPSA) is 29.9 Å². The quantitative estimate of drug-likeness (QED) is 0.644. The zero-order valence-corrected chi connectivity index (χ0v) is 12.4. The fourth-order valence-electron chi connectivity index (χ4n) is 2.02. The molecule has 0 atom stereocenters. The molecule has 0 aliphatic carbocycles. The number of ether oxygens (including phenoxy) is 1. The monoisotopic (exact) mass is 282 g/mol. The molecule has 0 amide bonds. The molecule has 1 aromatic carbocycles. The van der Waals surface area contributed by atoms with E-state index in [0.29, 0.717) is 6.61 Å². The van der Waals surface area contributed by atoms with Gasteiger partial charge >= 0.3 is 0 Å². The number of aromatic amines is 1. The molecule has 0 saturated carbocycles. The molecule has 98 valence electrons. The Hall–Kier alpha value is -0.940. The Morgan fingerprint density at radius 3 is 3.00 bits per heavy atom. The second kappa shape index (κ2) is 6.29. The molecule has 0 aliphatic rings. The van der Waals surface area contributed by atoms with E-state index < -0.39 is 0 Å². The predicted octanol–water partition coefficient (Wildman–Crippen LogP) is 3.85. The van der Waals surface area contributed by atoms with E-state index in [-0.39, 0.29) is 0 Å². The van der Waals surface area contributed by atoms with Gasteiger partial charge in [0.05, 0.1) is 12.1 Å². The molecule has 0 fully saturated rings. The highest BCUT2D eigenvalue weighted by Gasteiger charge is 2.08. The zero-order chi connectivity index (χ0) is 13.0. The fraction of sp³-hybridized carbons (Fsp3) is 0.462. The Bertz CT molecular complexity index is 574. The van der Waals surface area contributed by atoms with Crippen molar-refractivity contribution in [3.05, 3.63) is 23.0 Å². The van der Waals surface area contributed by atoms with Gasteiger partial charge in [-0.25, -0.2) is 0 Å². The molecule has 0 unspecified atom stereocenters. The number of nitrogens with zero attached hydrogens (tertiary/aromatic N) is 1. The average molecular weight is 282 g/mol. The smallest absolute Gasteiger partial charge is 0.178 e. The Morgan fingerprint density at radius 2 is 2.28 bits per heavy atom. The minimum absolute atomic E-state index is 0.664. The number of para-hydroxylation sites is 1. The molecule has 0 aliphatic heterocycles. The first kappa shape index (κ1) is 13.5. The summed E-state index contributed by atoms with van der Waals surface area (Å²) >= 11 is 7.26. The average Bonchev–Trinajstić information content (AvgIpc) is 2.68. The van der Waals surface area contributed by atoms with Gasteiger partial charge in [-0.05, 0) is 49.7 Å². The maximum absolute atomic E-state index is 5.62. The summed E-state index contributed by atoms with van der Waals surface area (Å²) in [5, 5.41) is 0. The van der Waals surface area contributed by atoms with Crippen LogP contribution in [0.4, 0.5) is 0 Å². The minimum Gasteiger partial charge on any atom is -0.492 e. The van der Waals surface area contributed by atoms with Gasteiger partial charge in [-0.15, -0.1) is 0 Å². The molecule has 3 nitrogen and oxygen atoms in total. The molecule has 1 heterocycles. The maximum Gasteiger partial charge on any atom is 0.178 e. The first-order valence-corrected chi connectivity index (χ1v) is 7.91. The number of imidazole rings is 1. The molecule has 18 heavy (non-hydrogen) atoms. The van der Waals surface area contributed by atoms with E-state index in [0.717, 1.165) is 40.3 Å². The van der Waals surface area contributed by atoms with Gasteiger partial charge in [0.25, 0.3) is 0 Å². The van der Waals surface area contributed by atoms with Gasteiger partial charge in [-0.2, -0.15) is 11.8 Å². The Kier molecular flexibility index (Phi) is 4.72. The third-order valence-electron chi connectivity index (χ3n) is 2.80. The lowest BCUT2D eigenvalue weighted by atomic mass is 10.3. The Morgan fingerprint density at radius 1 is 1.44 bits per heavy atom. The lowest BCUT2D eigenvalue weighted by Crippen LogP contribution is -1.99. The number of nitrogens with one attached hydrogen (secondary N) is 1. The molecule has 2 rings (SSSR count). The Labute approximate surface area is 117 Å². The van der Waals surface area contributed by atoms with E-state index in [1.54, 1.807) is 0 Å². The van der Waals surface area contributed by atoms with Crippen LogP contribution in [0.3, 0.4) is 0 Å². The summed E-state index contributed by atoms with van der Waals surface area (Å²) in [6, 6.07) is 6.08. The highest BCUT2D eigenvalue weighted by molar-refractivity contribution is 7.98. The van der Waals surface area contributed by atoms with Crippen LogP contribution in [0.15, 0.2) is 18.2 Å². The van der Waals surface area contributed by atoms with Crippen LogP contribution in [0.2, 0.25) is 0 Å². The molecule has 1 N–H and O–H groups in total. The summed E-state index contributed by atoms with van der Waals surface area (Å²) in [6.45, 7) is 3.61. The lowest BCUT2D eigenvalue weighted by Gasteiger charge is -2.06. The van der Waals surface area contributed by atoms with Gasteiger partial charge in [0.2, 0.25) is 0 Å². The van der Waals surface area contributed by atoms with Crippen LogP contribution in [0.1, 0.15) is 13.3 Å². The molecule has 0 radical (unpaired) electrons. The van der Waals surface area contributed by atoms with E-state index in [1.165, 1.54) is 0 Å². The van der Waals surface area contributed by atoms with Crippen molar-refractivity contribution in [3.63, 3.8) is 0 Å². The molecular formula is C13H18N2OS2. The lowest BCUT2D eigenvalue weighted by molar-refractivity contribution is 0.343. The van der Waals surface area contributed by atoms with Crippen molar-refractivity contribution in [1.29, 1.82) is 0 Å². The number of hydrogen-bond donors (Lipinski definition) is 1. The second-order valence-electron chi connectivity index (χ2n) is 4.01. The van der Waals surface area contributed by atoms with Crippen molar-refractivity contribution >= 4 is 35.0 Å². The number of aromatic nitrogens is 2. The van der Waals surface area contributed by atoms with E-state index >= 15 is 0 Å². The van der Waals surface area contributed by atoms with Crippen molar-refractivity contribution in [3.8, 4) is 5.75 Å². The van der Waals surface area contributed by atoms with Crippen LogP contribution in [-0.2, 0) is 6.54 Å². The van der Waals surface area contributed by atoms with Crippen molar-refractivity contribution in [2.75, 3.05) is 18.6 Å². The van der Waals surface area contributed by atoms with Gasteiger partial charge < -0.3 is 14.3 Å². The summed E-state index contributed by atoms with van der Waals surface area (Å²) in [5.41, 5.74) is 2.14. The minimum atomic E-state index is 0.664. The van der Waals surface area contributed by atoms with E-state index in [9.17, 15) is 0 Å². The van der Waals surface area contributed by atoms with Gasteiger partial charge in [0.1, 0.15) is 11.3 Å². The standard InChI is InChI=1S/C13H18N2OS2/c1-3-16-11-7-4-6-10-12(11)14-13(17)15(10)8-5-9-18-2/h4,6-7H,3,5,8-9H2,1-2H3,(H,14,17). The molecule has 0 saturated heterocycles. The second-order valence-corrected chi connectivity index (χ2v) is 5.38. The summed E-state index contributed by atoms with van der Waals surface area (Å²) in [5.74, 6) is 2.03. The first-order chi connectivity index (χ1) is 8.77. The molecule has 2 aromatic rings. The number of H-pyrrole nitrogens is 1. The van der Waals surface area contributed by atoms with Gasteiger partial charge in [0, 0.05) is 6.54 Å². The number of rotatable bonds is 6. The van der Waals surface area contributed by atoms with E-state index in [4.69, 9.17) is 17.0 Å². The zero-order valence-electron chi connectivity index (χ0n) is 10.7. The van der Waals surface area contributed by atoms with Crippen molar-refractivity contribution in [2.45, 2.75) is 19.9 Å². The number of aryl methyl sites for hydroxylation is 1. The van der Waals surface area contributed by atoms with Crippen molar-refractivity contribution in [1.82, 2.24) is 9.55 Å². The SMILES string of the molecule is CCOc1cccc2c1[nH]c(=S)n2CCCSC. The summed E-state index contributed by atoms with van der Waals surface area (Å²) in [6.07, 6.45) is 3.25. The number of fused-ring (bicyclic) bond motifs is 1. The van der Waals surface area contributed by atoms with Crippen molar-refractivity contribution < 1.29 is 4.74 Å². The number of benzene rings is 1. The van der Waals surface area contributed by atoms with Gasteiger partial charge in [-0.1, -0.05) is 6.07 Å². The number of hydrogen-bond acceptors (Lipinski definition) is 3. The first-order valence-electron chi connectivity index (χ1n) is 6.11. The molecule has 1 aromatic heterocycles. The van der Waals surface area contributed by atoms with Crippen LogP contribution < -0.4 is 4.74 Å². The molecular weight excluding hydrogens is 264 g/mol.